The number of sulfonamides is 2. The minimum absolute atomic E-state index is 0.00162. The average Bonchev–Trinajstić information content (AvgIpc) is 2.13. The molecule has 0 rings (SSSR count). The second kappa shape index (κ2) is 7.02. The van der Waals surface area contributed by atoms with Crippen LogP contribution in [0.1, 0.15) is 13.3 Å². The summed E-state index contributed by atoms with van der Waals surface area (Å²) in [7, 11) is -7.13. The average molecular weight is 302 g/mol. The zero-order valence-electron chi connectivity index (χ0n) is 10.3. The molecule has 0 bridgehead atoms. The van der Waals surface area contributed by atoms with Crippen LogP contribution < -0.4 is 4.72 Å². The van der Waals surface area contributed by atoms with Gasteiger partial charge in [-0.15, -0.1) is 0 Å². The first-order valence-corrected chi connectivity index (χ1v) is 8.73. The number of rotatable bonds is 9. The first-order chi connectivity index (χ1) is 8.08. The third kappa shape index (κ3) is 7.58. The Labute approximate surface area is 107 Å². The number of carboxylic acid groups (broad SMARTS) is 1. The summed E-state index contributed by atoms with van der Waals surface area (Å²) in [6, 6.07) is 0. The van der Waals surface area contributed by atoms with Crippen molar-refractivity contribution in [3.8, 4) is 0 Å². The molecule has 0 fully saturated rings. The summed E-state index contributed by atoms with van der Waals surface area (Å²) in [6.07, 6.45) is 1.35. The Bertz CT molecular complexity index is 470. The fourth-order valence-electron chi connectivity index (χ4n) is 1.26. The van der Waals surface area contributed by atoms with Crippen LogP contribution in [-0.4, -0.2) is 63.9 Å². The van der Waals surface area contributed by atoms with Gasteiger partial charge in [0.25, 0.3) is 0 Å². The van der Waals surface area contributed by atoms with Gasteiger partial charge in [-0.3, -0.25) is 4.79 Å². The van der Waals surface area contributed by atoms with Crippen LogP contribution in [-0.2, 0) is 24.8 Å². The minimum atomic E-state index is -3.84. The van der Waals surface area contributed by atoms with E-state index in [0.717, 1.165) is 6.26 Å². The Hall–Kier alpha value is -0.710. The lowest BCUT2D eigenvalue weighted by atomic mass is 10.4. The van der Waals surface area contributed by atoms with Crippen LogP contribution in [0.15, 0.2) is 0 Å². The molecule has 8 nitrogen and oxygen atoms in total. The molecule has 108 valence electrons. The van der Waals surface area contributed by atoms with Crippen LogP contribution in [0.3, 0.4) is 0 Å². The summed E-state index contributed by atoms with van der Waals surface area (Å²) >= 11 is 0. The molecule has 0 atom stereocenters. The molecule has 0 aromatic rings. The molecule has 0 amide bonds. The standard InChI is InChI=1S/C8H18N2O6S2/c1-3-10(17(2,13)14)6-4-5-9-18(15,16)7-8(11)12/h9H,3-7H2,1-2H3,(H,11,12). The van der Waals surface area contributed by atoms with Crippen LogP contribution in [0.25, 0.3) is 0 Å². The highest BCUT2D eigenvalue weighted by Crippen LogP contribution is 1.98. The van der Waals surface area contributed by atoms with Crippen LogP contribution >= 0.6 is 0 Å². The fourth-order valence-corrected chi connectivity index (χ4v) is 3.07. The lowest BCUT2D eigenvalue weighted by molar-refractivity contribution is -0.134. The molecule has 10 heteroatoms. The highest BCUT2D eigenvalue weighted by atomic mass is 32.2. The number of aliphatic carboxylic acids is 1. The number of carboxylic acids is 1. The molecule has 0 spiro atoms. The molecule has 0 aliphatic rings. The quantitative estimate of drug-likeness (QED) is 0.509. The van der Waals surface area contributed by atoms with E-state index in [4.69, 9.17) is 5.11 Å². The third-order valence-electron chi connectivity index (χ3n) is 2.04. The Morgan fingerprint density at radius 3 is 2.22 bits per heavy atom. The molecule has 0 aromatic heterocycles. The van der Waals surface area contributed by atoms with E-state index >= 15 is 0 Å². The number of hydrogen-bond donors (Lipinski definition) is 2. The first kappa shape index (κ1) is 17.3. The predicted octanol–water partition coefficient (Wildman–Crippen LogP) is -1.34. The van der Waals surface area contributed by atoms with Crippen molar-refractivity contribution < 1.29 is 26.7 Å². The van der Waals surface area contributed by atoms with Crippen molar-refractivity contribution >= 4 is 26.0 Å². The maximum atomic E-state index is 11.2. The van der Waals surface area contributed by atoms with E-state index in [9.17, 15) is 21.6 Å². The van der Waals surface area contributed by atoms with Gasteiger partial charge in [-0.25, -0.2) is 25.9 Å². The Balaban J connectivity index is 4.11. The molecule has 18 heavy (non-hydrogen) atoms. The van der Waals surface area contributed by atoms with E-state index in [0.29, 0.717) is 6.54 Å². The Morgan fingerprint density at radius 1 is 1.28 bits per heavy atom. The Kier molecular flexibility index (Phi) is 6.74. The van der Waals surface area contributed by atoms with Gasteiger partial charge in [0, 0.05) is 19.6 Å². The van der Waals surface area contributed by atoms with Gasteiger partial charge in [-0.1, -0.05) is 6.92 Å². The molecule has 0 unspecified atom stereocenters. The van der Waals surface area contributed by atoms with Gasteiger partial charge >= 0.3 is 5.97 Å². The van der Waals surface area contributed by atoms with Crippen molar-refractivity contribution in [1.29, 1.82) is 0 Å². The number of nitrogens with zero attached hydrogens (tertiary/aromatic N) is 1. The third-order valence-corrected chi connectivity index (χ3v) is 4.69. The second-order valence-corrected chi connectivity index (χ2v) is 7.44. The monoisotopic (exact) mass is 302 g/mol. The van der Waals surface area contributed by atoms with Crippen LogP contribution in [0, 0.1) is 0 Å². The first-order valence-electron chi connectivity index (χ1n) is 5.22. The molecule has 0 saturated heterocycles. The number of nitrogens with one attached hydrogen (secondary N) is 1. The fraction of sp³-hybridized carbons (Fsp3) is 0.875. The van der Waals surface area contributed by atoms with E-state index < -0.39 is 31.8 Å². The van der Waals surface area contributed by atoms with Gasteiger partial charge in [0.05, 0.1) is 6.26 Å². The van der Waals surface area contributed by atoms with Gasteiger partial charge in [-0.05, 0) is 6.42 Å². The zero-order chi connectivity index (χ0) is 14.4. The molecule has 0 aliphatic carbocycles. The van der Waals surface area contributed by atoms with Gasteiger partial charge in [0.2, 0.25) is 20.0 Å². The van der Waals surface area contributed by atoms with Gasteiger partial charge in [0.1, 0.15) is 0 Å². The van der Waals surface area contributed by atoms with Gasteiger partial charge in [-0.2, -0.15) is 0 Å². The lowest BCUT2D eigenvalue weighted by Crippen LogP contribution is -2.35. The van der Waals surface area contributed by atoms with Crippen molar-refractivity contribution in [2.24, 2.45) is 0 Å². The highest BCUT2D eigenvalue weighted by Gasteiger charge is 2.16. The zero-order valence-corrected chi connectivity index (χ0v) is 11.9. The van der Waals surface area contributed by atoms with Gasteiger partial charge in [0.15, 0.2) is 5.75 Å². The topological polar surface area (TPSA) is 121 Å². The molecule has 0 aromatic carbocycles. The van der Waals surface area contributed by atoms with Gasteiger partial charge < -0.3 is 5.11 Å². The van der Waals surface area contributed by atoms with Crippen molar-refractivity contribution in [3.63, 3.8) is 0 Å². The molecule has 0 saturated carbocycles. The normalized spacial score (nSPS) is 12.8. The summed E-state index contributed by atoms with van der Waals surface area (Å²) in [6.45, 7) is 2.17. The maximum Gasteiger partial charge on any atom is 0.320 e. The SMILES string of the molecule is CCN(CCCNS(=O)(=O)CC(=O)O)S(C)(=O)=O. The second-order valence-electron chi connectivity index (χ2n) is 3.66. The molecular formula is C8H18N2O6S2. The molecule has 2 N–H and O–H groups in total. The largest absolute Gasteiger partial charge is 0.480 e. The summed E-state index contributed by atoms with van der Waals surface area (Å²) in [5.74, 6) is -2.43. The van der Waals surface area contributed by atoms with Crippen LogP contribution in [0.2, 0.25) is 0 Å². The molecule has 0 radical (unpaired) electrons. The van der Waals surface area contributed by atoms with E-state index in [-0.39, 0.29) is 19.5 Å². The summed E-state index contributed by atoms with van der Waals surface area (Å²) in [5, 5.41) is 8.33. The van der Waals surface area contributed by atoms with E-state index in [2.05, 4.69) is 4.72 Å². The molecule has 0 aliphatic heterocycles. The lowest BCUT2D eigenvalue weighted by Gasteiger charge is -2.17. The number of carbonyl (C=O) groups is 1. The summed E-state index contributed by atoms with van der Waals surface area (Å²) < 4.78 is 48.0. The number of hydrogen-bond acceptors (Lipinski definition) is 5. The van der Waals surface area contributed by atoms with E-state index in [1.54, 1.807) is 6.92 Å². The van der Waals surface area contributed by atoms with E-state index in [1.165, 1.54) is 4.31 Å². The van der Waals surface area contributed by atoms with Crippen LogP contribution in [0.5, 0.6) is 0 Å². The van der Waals surface area contributed by atoms with Crippen molar-refractivity contribution in [2.45, 2.75) is 13.3 Å². The Morgan fingerprint density at radius 2 is 1.83 bits per heavy atom. The summed E-state index contributed by atoms with van der Waals surface area (Å²) in [5.41, 5.74) is 0. The van der Waals surface area contributed by atoms with Crippen molar-refractivity contribution in [2.75, 3.05) is 31.6 Å². The predicted molar refractivity (Wildman–Crippen MR) is 66.1 cm³/mol. The molecular weight excluding hydrogens is 284 g/mol. The highest BCUT2D eigenvalue weighted by molar-refractivity contribution is 7.90. The minimum Gasteiger partial charge on any atom is -0.480 e. The van der Waals surface area contributed by atoms with Crippen LogP contribution in [0.4, 0.5) is 0 Å². The molecule has 0 heterocycles. The maximum absolute atomic E-state index is 11.2. The van der Waals surface area contributed by atoms with Crippen molar-refractivity contribution in [1.82, 2.24) is 9.03 Å². The smallest absolute Gasteiger partial charge is 0.320 e. The summed E-state index contributed by atoms with van der Waals surface area (Å²) in [4.78, 5) is 10.2. The van der Waals surface area contributed by atoms with E-state index in [1.807, 2.05) is 0 Å². The van der Waals surface area contributed by atoms with Crippen molar-refractivity contribution in [3.05, 3.63) is 0 Å².